The molecule has 0 fully saturated rings. The van der Waals surface area contributed by atoms with E-state index in [1.165, 1.54) is 5.56 Å². The Bertz CT molecular complexity index is 520. The molecule has 2 aromatic rings. The molecule has 0 heterocycles. The van der Waals surface area contributed by atoms with Crippen LogP contribution in [0.5, 0.6) is 5.75 Å². The molecular formula is C15H17NO. The third-order valence-electron chi connectivity index (χ3n) is 2.87. The fourth-order valence-electron chi connectivity index (χ4n) is 1.73. The third kappa shape index (κ3) is 2.78. The van der Waals surface area contributed by atoms with Gasteiger partial charge in [0.05, 0.1) is 0 Å². The van der Waals surface area contributed by atoms with Crippen molar-refractivity contribution in [2.24, 2.45) is 0 Å². The first-order valence-electron chi connectivity index (χ1n) is 5.70. The summed E-state index contributed by atoms with van der Waals surface area (Å²) >= 11 is 0. The minimum absolute atomic E-state index is 0.556. The van der Waals surface area contributed by atoms with E-state index in [1.54, 1.807) is 0 Å². The Morgan fingerprint density at radius 2 is 1.82 bits per heavy atom. The lowest BCUT2D eigenvalue weighted by Gasteiger charge is -2.10. The summed E-state index contributed by atoms with van der Waals surface area (Å²) in [6, 6.07) is 14.0. The average Bonchev–Trinajstić information content (AvgIpc) is 2.31. The molecule has 0 radical (unpaired) electrons. The smallest absolute Gasteiger partial charge is 0.120 e. The summed E-state index contributed by atoms with van der Waals surface area (Å²) < 4.78 is 5.75. The zero-order valence-corrected chi connectivity index (χ0v) is 10.2. The maximum atomic E-state index is 5.86. The molecule has 0 aliphatic carbocycles. The topological polar surface area (TPSA) is 35.2 Å². The van der Waals surface area contributed by atoms with Crippen LogP contribution in [0.15, 0.2) is 42.5 Å². The lowest BCUT2D eigenvalue weighted by Crippen LogP contribution is -2.00. The summed E-state index contributed by atoms with van der Waals surface area (Å²) in [5.74, 6) is 0.895. The standard InChI is InChI=1S/C15H17NO/c1-11-5-3-7-14(9-11)17-10-13-6-4-8-15(16)12(13)2/h3-9H,10,16H2,1-2H3. The van der Waals surface area contributed by atoms with E-state index in [9.17, 15) is 0 Å². The predicted octanol–water partition coefficient (Wildman–Crippen LogP) is 3.46. The highest BCUT2D eigenvalue weighted by atomic mass is 16.5. The van der Waals surface area contributed by atoms with Gasteiger partial charge in [-0.05, 0) is 48.7 Å². The van der Waals surface area contributed by atoms with E-state index in [0.29, 0.717) is 6.61 Å². The van der Waals surface area contributed by atoms with Crippen molar-refractivity contribution in [3.05, 3.63) is 59.2 Å². The molecule has 2 nitrogen and oxygen atoms in total. The molecule has 2 heteroatoms. The van der Waals surface area contributed by atoms with Gasteiger partial charge in [-0.1, -0.05) is 24.3 Å². The number of nitrogen functional groups attached to an aromatic ring is 1. The first-order chi connectivity index (χ1) is 8.16. The van der Waals surface area contributed by atoms with Crippen LogP contribution in [0.25, 0.3) is 0 Å². The molecule has 0 amide bonds. The lowest BCUT2D eigenvalue weighted by atomic mass is 10.1. The highest BCUT2D eigenvalue weighted by molar-refractivity contribution is 5.49. The Labute approximate surface area is 102 Å². The van der Waals surface area contributed by atoms with Crippen LogP contribution in [0.2, 0.25) is 0 Å². The Morgan fingerprint density at radius 3 is 2.59 bits per heavy atom. The fraction of sp³-hybridized carbons (Fsp3) is 0.200. The minimum atomic E-state index is 0.556. The van der Waals surface area contributed by atoms with Gasteiger partial charge in [0.2, 0.25) is 0 Å². The van der Waals surface area contributed by atoms with Crippen LogP contribution >= 0.6 is 0 Å². The molecule has 0 saturated carbocycles. The Hall–Kier alpha value is -1.96. The van der Waals surface area contributed by atoms with Crippen LogP contribution in [0, 0.1) is 13.8 Å². The molecule has 0 bridgehead atoms. The largest absolute Gasteiger partial charge is 0.489 e. The molecule has 0 aliphatic heterocycles. The number of nitrogens with two attached hydrogens (primary N) is 1. The summed E-state index contributed by atoms with van der Waals surface area (Å²) in [4.78, 5) is 0. The zero-order valence-electron chi connectivity index (χ0n) is 10.2. The number of hydrogen-bond donors (Lipinski definition) is 1. The first-order valence-corrected chi connectivity index (χ1v) is 5.70. The summed E-state index contributed by atoms with van der Waals surface area (Å²) in [5, 5.41) is 0. The summed E-state index contributed by atoms with van der Waals surface area (Å²) in [7, 11) is 0. The number of hydrogen-bond acceptors (Lipinski definition) is 2. The third-order valence-corrected chi connectivity index (χ3v) is 2.87. The number of ether oxygens (including phenoxy) is 1. The van der Waals surface area contributed by atoms with Gasteiger partial charge in [0.25, 0.3) is 0 Å². The Morgan fingerprint density at radius 1 is 1.06 bits per heavy atom. The highest BCUT2D eigenvalue weighted by Gasteiger charge is 2.02. The second-order valence-corrected chi connectivity index (χ2v) is 4.24. The molecule has 0 spiro atoms. The van der Waals surface area contributed by atoms with Gasteiger partial charge in [0, 0.05) is 5.69 Å². The van der Waals surface area contributed by atoms with E-state index in [1.807, 2.05) is 43.3 Å². The summed E-state index contributed by atoms with van der Waals surface area (Å²) in [6.45, 7) is 4.63. The summed E-state index contributed by atoms with van der Waals surface area (Å²) in [5.41, 5.74) is 10.1. The van der Waals surface area contributed by atoms with E-state index >= 15 is 0 Å². The van der Waals surface area contributed by atoms with Gasteiger partial charge in [0.1, 0.15) is 12.4 Å². The van der Waals surface area contributed by atoms with Crippen LogP contribution in [0.4, 0.5) is 5.69 Å². The van der Waals surface area contributed by atoms with Crippen molar-refractivity contribution in [3.8, 4) is 5.75 Å². The Balaban J connectivity index is 2.10. The van der Waals surface area contributed by atoms with Crippen molar-refractivity contribution in [3.63, 3.8) is 0 Å². The van der Waals surface area contributed by atoms with Gasteiger partial charge in [-0.2, -0.15) is 0 Å². The number of aryl methyl sites for hydroxylation is 1. The van der Waals surface area contributed by atoms with E-state index in [-0.39, 0.29) is 0 Å². The van der Waals surface area contributed by atoms with Crippen LogP contribution in [-0.2, 0) is 6.61 Å². The lowest BCUT2D eigenvalue weighted by molar-refractivity contribution is 0.305. The SMILES string of the molecule is Cc1cccc(OCc2cccc(N)c2C)c1. The Kier molecular flexibility index (Phi) is 3.33. The molecule has 0 unspecified atom stereocenters. The van der Waals surface area contributed by atoms with Gasteiger partial charge in [-0.3, -0.25) is 0 Å². The fourth-order valence-corrected chi connectivity index (χ4v) is 1.73. The average molecular weight is 227 g/mol. The van der Waals surface area contributed by atoms with Crippen molar-refractivity contribution in [1.82, 2.24) is 0 Å². The van der Waals surface area contributed by atoms with Crippen LogP contribution in [0.3, 0.4) is 0 Å². The molecule has 88 valence electrons. The van der Waals surface area contributed by atoms with Gasteiger partial charge in [0.15, 0.2) is 0 Å². The van der Waals surface area contributed by atoms with Crippen molar-refractivity contribution in [1.29, 1.82) is 0 Å². The highest BCUT2D eigenvalue weighted by Crippen LogP contribution is 2.19. The van der Waals surface area contributed by atoms with Gasteiger partial charge in [-0.15, -0.1) is 0 Å². The molecule has 2 rings (SSSR count). The maximum Gasteiger partial charge on any atom is 0.120 e. The molecule has 0 aliphatic rings. The van der Waals surface area contributed by atoms with Gasteiger partial charge < -0.3 is 10.5 Å². The van der Waals surface area contributed by atoms with Crippen molar-refractivity contribution in [2.45, 2.75) is 20.5 Å². The molecule has 0 atom stereocenters. The maximum absolute atomic E-state index is 5.86. The van der Waals surface area contributed by atoms with E-state index in [0.717, 1.165) is 22.6 Å². The van der Waals surface area contributed by atoms with E-state index in [2.05, 4.69) is 13.0 Å². The van der Waals surface area contributed by atoms with Crippen LogP contribution in [0.1, 0.15) is 16.7 Å². The number of rotatable bonds is 3. The predicted molar refractivity (Wildman–Crippen MR) is 71.1 cm³/mol. The van der Waals surface area contributed by atoms with Gasteiger partial charge in [-0.25, -0.2) is 0 Å². The number of anilines is 1. The minimum Gasteiger partial charge on any atom is -0.489 e. The van der Waals surface area contributed by atoms with Gasteiger partial charge >= 0.3 is 0 Å². The zero-order chi connectivity index (χ0) is 12.3. The second-order valence-electron chi connectivity index (χ2n) is 4.24. The molecule has 17 heavy (non-hydrogen) atoms. The second kappa shape index (κ2) is 4.91. The van der Waals surface area contributed by atoms with Crippen molar-refractivity contribution >= 4 is 5.69 Å². The first kappa shape index (κ1) is 11.5. The normalized spacial score (nSPS) is 10.2. The summed E-state index contributed by atoms with van der Waals surface area (Å²) in [6.07, 6.45) is 0. The van der Waals surface area contributed by atoms with Crippen LogP contribution in [-0.4, -0.2) is 0 Å². The number of benzene rings is 2. The molecule has 2 N–H and O–H groups in total. The molecule has 0 saturated heterocycles. The van der Waals surface area contributed by atoms with E-state index in [4.69, 9.17) is 10.5 Å². The molecular weight excluding hydrogens is 210 g/mol. The van der Waals surface area contributed by atoms with Crippen molar-refractivity contribution in [2.75, 3.05) is 5.73 Å². The van der Waals surface area contributed by atoms with Crippen molar-refractivity contribution < 1.29 is 4.74 Å². The molecule has 2 aromatic carbocycles. The van der Waals surface area contributed by atoms with Crippen LogP contribution < -0.4 is 10.5 Å². The quantitative estimate of drug-likeness (QED) is 0.815. The van der Waals surface area contributed by atoms with E-state index < -0.39 is 0 Å². The molecule has 0 aromatic heterocycles. The monoisotopic (exact) mass is 227 g/mol.